The Morgan fingerprint density at radius 2 is 2.05 bits per heavy atom. The summed E-state index contributed by atoms with van der Waals surface area (Å²) in [7, 11) is 1.83. The molecule has 0 atom stereocenters. The molecule has 1 aromatic carbocycles. The first-order chi connectivity index (χ1) is 10.5. The number of anilines is 1. The Bertz CT molecular complexity index is 837. The Morgan fingerprint density at radius 3 is 2.73 bits per heavy atom. The number of nitrogens with one attached hydrogen (secondary N) is 1. The Balaban J connectivity index is 1.80. The molecule has 0 aliphatic heterocycles. The average molecular weight is 312 g/mol. The quantitative estimate of drug-likeness (QED) is 0.755. The highest BCUT2D eigenvalue weighted by atomic mass is 32.1. The van der Waals surface area contributed by atoms with Crippen molar-refractivity contribution in [2.24, 2.45) is 7.05 Å². The summed E-state index contributed by atoms with van der Waals surface area (Å²) in [6.07, 6.45) is 4.91. The molecule has 22 heavy (non-hydrogen) atoms. The van der Waals surface area contributed by atoms with Crippen LogP contribution in [0.3, 0.4) is 0 Å². The summed E-state index contributed by atoms with van der Waals surface area (Å²) >= 11 is 1.50. The number of carbonyl (C=O) groups excluding carboxylic acids is 1. The first kappa shape index (κ1) is 14.5. The molecule has 1 amide bonds. The standard InChI is InChI=1S/C16H16N4OS/c1-10-4-5-11(2)15-14(10)19-16(22-15)18-13(21)7-6-12-8-9-17-20(12)3/h4-9H,1-3H3,(H,18,19,21). The van der Waals surface area contributed by atoms with Crippen LogP contribution >= 0.6 is 11.3 Å². The number of thiazole rings is 1. The molecule has 5 nitrogen and oxygen atoms in total. The third-order valence-corrected chi connectivity index (χ3v) is 4.54. The second-order valence-corrected chi connectivity index (χ2v) is 6.10. The number of fused-ring (bicyclic) bond motifs is 1. The lowest BCUT2D eigenvalue weighted by atomic mass is 10.1. The Hall–Kier alpha value is -2.47. The minimum absolute atomic E-state index is 0.199. The van der Waals surface area contributed by atoms with E-state index in [-0.39, 0.29) is 5.91 Å². The van der Waals surface area contributed by atoms with Crippen LogP contribution in [0.5, 0.6) is 0 Å². The van der Waals surface area contributed by atoms with Gasteiger partial charge in [0, 0.05) is 19.3 Å². The second-order valence-electron chi connectivity index (χ2n) is 5.10. The molecule has 2 aromatic heterocycles. The number of hydrogen-bond acceptors (Lipinski definition) is 4. The van der Waals surface area contributed by atoms with E-state index in [2.05, 4.69) is 21.5 Å². The predicted octanol–water partition coefficient (Wildman–Crippen LogP) is 3.30. The summed E-state index contributed by atoms with van der Waals surface area (Å²) in [6, 6.07) is 5.96. The molecular weight excluding hydrogens is 296 g/mol. The van der Waals surface area contributed by atoms with Gasteiger partial charge in [-0.1, -0.05) is 23.5 Å². The van der Waals surface area contributed by atoms with Gasteiger partial charge in [0.1, 0.15) is 0 Å². The summed E-state index contributed by atoms with van der Waals surface area (Å²) in [5.41, 5.74) is 4.11. The van der Waals surface area contributed by atoms with Crippen LogP contribution in [0, 0.1) is 13.8 Å². The van der Waals surface area contributed by atoms with Crippen LogP contribution in [0.2, 0.25) is 0 Å². The number of rotatable bonds is 3. The average Bonchev–Trinajstić information content (AvgIpc) is 3.08. The molecule has 0 saturated heterocycles. The maximum Gasteiger partial charge on any atom is 0.250 e. The molecule has 0 unspecified atom stereocenters. The Kier molecular flexibility index (Phi) is 3.77. The summed E-state index contributed by atoms with van der Waals surface area (Å²) < 4.78 is 2.82. The minimum atomic E-state index is -0.199. The van der Waals surface area contributed by atoms with Gasteiger partial charge in [-0.3, -0.25) is 14.8 Å². The van der Waals surface area contributed by atoms with Crippen molar-refractivity contribution in [3.05, 3.63) is 47.3 Å². The van der Waals surface area contributed by atoms with Gasteiger partial charge >= 0.3 is 0 Å². The number of nitrogens with zero attached hydrogens (tertiary/aromatic N) is 3. The highest BCUT2D eigenvalue weighted by molar-refractivity contribution is 7.22. The van der Waals surface area contributed by atoms with Crippen LogP contribution in [-0.4, -0.2) is 20.7 Å². The fourth-order valence-electron chi connectivity index (χ4n) is 2.17. The molecule has 0 aliphatic rings. The molecule has 0 spiro atoms. The molecule has 3 aromatic rings. The summed E-state index contributed by atoms with van der Waals surface area (Å²) in [5, 5.41) is 7.49. The number of carbonyl (C=O) groups is 1. The molecule has 112 valence electrons. The maximum atomic E-state index is 12.0. The summed E-state index contributed by atoms with van der Waals surface area (Å²) in [5.74, 6) is -0.199. The van der Waals surface area contributed by atoms with Gasteiger partial charge in [-0.2, -0.15) is 5.10 Å². The molecule has 6 heteroatoms. The van der Waals surface area contributed by atoms with Crippen molar-refractivity contribution in [3.8, 4) is 0 Å². The number of aryl methyl sites for hydroxylation is 3. The number of amides is 1. The van der Waals surface area contributed by atoms with E-state index in [0.717, 1.165) is 21.5 Å². The predicted molar refractivity (Wildman–Crippen MR) is 90.0 cm³/mol. The SMILES string of the molecule is Cc1ccc(C)c2sc(NC(=O)C=Cc3ccnn3C)nc12. The first-order valence-electron chi connectivity index (χ1n) is 6.88. The van der Waals surface area contributed by atoms with Crippen LogP contribution in [0.25, 0.3) is 16.3 Å². The van der Waals surface area contributed by atoms with E-state index in [9.17, 15) is 4.79 Å². The van der Waals surface area contributed by atoms with E-state index < -0.39 is 0 Å². The topological polar surface area (TPSA) is 59.8 Å². The zero-order valence-corrected chi connectivity index (χ0v) is 13.4. The molecule has 1 N–H and O–H groups in total. The van der Waals surface area contributed by atoms with Crippen molar-refractivity contribution in [2.45, 2.75) is 13.8 Å². The normalized spacial score (nSPS) is 11.4. The van der Waals surface area contributed by atoms with Gasteiger partial charge in [0.05, 0.1) is 15.9 Å². The molecule has 0 aliphatic carbocycles. The van der Waals surface area contributed by atoms with Crippen LogP contribution in [0.4, 0.5) is 5.13 Å². The summed E-state index contributed by atoms with van der Waals surface area (Å²) in [6.45, 7) is 4.07. The van der Waals surface area contributed by atoms with Crippen LogP contribution < -0.4 is 5.32 Å². The first-order valence-corrected chi connectivity index (χ1v) is 7.70. The highest BCUT2D eigenvalue weighted by Gasteiger charge is 2.09. The van der Waals surface area contributed by atoms with E-state index in [4.69, 9.17) is 0 Å². The zero-order chi connectivity index (χ0) is 15.7. The van der Waals surface area contributed by atoms with Crippen molar-refractivity contribution in [1.82, 2.24) is 14.8 Å². The minimum Gasteiger partial charge on any atom is -0.298 e. The van der Waals surface area contributed by atoms with Crippen molar-refractivity contribution >= 4 is 38.7 Å². The molecule has 0 bridgehead atoms. The smallest absolute Gasteiger partial charge is 0.250 e. The second kappa shape index (κ2) is 5.73. The van der Waals surface area contributed by atoms with Gasteiger partial charge in [-0.25, -0.2) is 4.98 Å². The van der Waals surface area contributed by atoms with Gasteiger partial charge in [0.25, 0.3) is 0 Å². The van der Waals surface area contributed by atoms with Gasteiger partial charge in [-0.05, 0) is 37.1 Å². The summed E-state index contributed by atoms with van der Waals surface area (Å²) in [4.78, 5) is 16.5. The van der Waals surface area contributed by atoms with Gasteiger partial charge in [0.15, 0.2) is 5.13 Å². The van der Waals surface area contributed by atoms with Crippen LogP contribution in [-0.2, 0) is 11.8 Å². The molecule has 0 radical (unpaired) electrons. The largest absolute Gasteiger partial charge is 0.298 e. The highest BCUT2D eigenvalue weighted by Crippen LogP contribution is 2.30. The van der Waals surface area contributed by atoms with Gasteiger partial charge < -0.3 is 0 Å². The molecule has 0 saturated carbocycles. The Labute approximate surface area is 132 Å². The van der Waals surface area contributed by atoms with Gasteiger partial charge in [-0.15, -0.1) is 0 Å². The van der Waals surface area contributed by atoms with Gasteiger partial charge in [0.2, 0.25) is 5.91 Å². The van der Waals surface area contributed by atoms with E-state index in [1.54, 1.807) is 17.0 Å². The van der Waals surface area contributed by atoms with Crippen molar-refractivity contribution in [2.75, 3.05) is 5.32 Å². The molecule has 2 heterocycles. The lowest BCUT2D eigenvalue weighted by Crippen LogP contribution is -2.07. The van der Waals surface area contributed by atoms with Crippen molar-refractivity contribution < 1.29 is 4.79 Å². The fourth-order valence-corrected chi connectivity index (χ4v) is 3.18. The number of hydrogen-bond donors (Lipinski definition) is 1. The third kappa shape index (κ3) is 2.78. The lowest BCUT2D eigenvalue weighted by molar-refractivity contribution is -0.111. The lowest BCUT2D eigenvalue weighted by Gasteiger charge is -1.96. The van der Waals surface area contributed by atoms with E-state index in [1.165, 1.54) is 23.0 Å². The monoisotopic (exact) mass is 312 g/mol. The van der Waals surface area contributed by atoms with Crippen LogP contribution in [0.1, 0.15) is 16.8 Å². The fraction of sp³-hybridized carbons (Fsp3) is 0.188. The van der Waals surface area contributed by atoms with E-state index in [0.29, 0.717) is 5.13 Å². The third-order valence-electron chi connectivity index (χ3n) is 3.44. The van der Waals surface area contributed by atoms with E-state index >= 15 is 0 Å². The maximum absolute atomic E-state index is 12.0. The van der Waals surface area contributed by atoms with Crippen molar-refractivity contribution in [1.29, 1.82) is 0 Å². The number of benzene rings is 1. The van der Waals surface area contributed by atoms with Crippen molar-refractivity contribution in [3.63, 3.8) is 0 Å². The Morgan fingerprint density at radius 1 is 1.27 bits per heavy atom. The van der Waals surface area contributed by atoms with Crippen LogP contribution in [0.15, 0.2) is 30.5 Å². The number of aromatic nitrogens is 3. The molecule has 0 fully saturated rings. The van der Waals surface area contributed by atoms with E-state index in [1.807, 2.05) is 33.0 Å². The zero-order valence-electron chi connectivity index (χ0n) is 12.6. The molecular formula is C16H16N4OS. The molecule has 3 rings (SSSR count).